The third kappa shape index (κ3) is 4.65. The van der Waals surface area contributed by atoms with E-state index in [2.05, 4.69) is 0 Å². The van der Waals surface area contributed by atoms with E-state index in [0.29, 0.717) is 43.1 Å². The maximum absolute atomic E-state index is 12.7. The Morgan fingerprint density at radius 2 is 1.93 bits per heavy atom. The van der Waals surface area contributed by atoms with Crippen LogP contribution >= 0.6 is 11.6 Å². The van der Waals surface area contributed by atoms with Gasteiger partial charge in [-0.15, -0.1) is 0 Å². The number of benzene rings is 1. The molecular weight excluding hydrogens is 406 g/mol. The first-order valence-electron chi connectivity index (χ1n) is 9.14. The number of carbonyl (C=O) groups excluding carboxylic acids is 2. The average molecular weight is 430 g/mol. The first kappa shape index (κ1) is 21.0. The van der Waals surface area contributed by atoms with E-state index < -0.39 is 10.0 Å². The van der Waals surface area contributed by atoms with Gasteiger partial charge in [0.25, 0.3) is 0 Å². The molecule has 3 rings (SSSR count). The molecule has 0 atom stereocenters. The van der Waals surface area contributed by atoms with E-state index in [-0.39, 0.29) is 36.8 Å². The third-order valence-corrected chi connectivity index (χ3v) is 7.18. The monoisotopic (exact) mass is 429 g/mol. The number of nitrogens with zero attached hydrogens (tertiary/aromatic N) is 3. The van der Waals surface area contributed by atoms with Crippen molar-refractivity contribution in [2.75, 3.05) is 39.9 Å². The minimum Gasteiger partial charge on any atom is -0.383 e. The molecule has 2 aliphatic heterocycles. The number of hydrogen-bond donors (Lipinski definition) is 0. The zero-order valence-corrected chi connectivity index (χ0v) is 17.3. The molecule has 154 valence electrons. The first-order valence-corrected chi connectivity index (χ1v) is 11.1. The van der Waals surface area contributed by atoms with E-state index >= 15 is 0 Å². The van der Waals surface area contributed by atoms with E-state index in [9.17, 15) is 18.0 Å². The number of halogens is 1. The van der Waals surface area contributed by atoms with Crippen LogP contribution in [0.1, 0.15) is 18.4 Å². The lowest BCUT2D eigenvalue weighted by Gasteiger charge is -2.35. The van der Waals surface area contributed by atoms with Crippen molar-refractivity contribution in [3.63, 3.8) is 0 Å². The molecule has 3 amide bonds. The largest absolute Gasteiger partial charge is 0.383 e. The van der Waals surface area contributed by atoms with Crippen LogP contribution in [0, 0.1) is 0 Å². The van der Waals surface area contributed by atoms with E-state index in [1.165, 1.54) is 16.3 Å². The van der Waals surface area contributed by atoms with Gasteiger partial charge in [-0.05, 0) is 30.5 Å². The highest BCUT2D eigenvalue weighted by atomic mass is 35.5. The first-order chi connectivity index (χ1) is 13.3. The quantitative estimate of drug-likeness (QED) is 0.613. The maximum Gasteiger partial charge on any atom is 0.327 e. The summed E-state index contributed by atoms with van der Waals surface area (Å²) in [5, 5.41) is 0.502. The number of piperidine rings is 1. The van der Waals surface area contributed by atoms with Crippen LogP contribution < -0.4 is 0 Å². The minimum atomic E-state index is -3.47. The average Bonchev–Trinajstić information content (AvgIpc) is 2.94. The smallest absolute Gasteiger partial charge is 0.327 e. The minimum absolute atomic E-state index is 0.0441. The summed E-state index contributed by atoms with van der Waals surface area (Å²) in [5.41, 5.74) is 0.642. The molecule has 2 heterocycles. The molecule has 0 aromatic heterocycles. The second-order valence-electron chi connectivity index (χ2n) is 6.97. The Morgan fingerprint density at radius 1 is 1.21 bits per heavy atom. The van der Waals surface area contributed by atoms with Crippen molar-refractivity contribution in [2.45, 2.75) is 24.6 Å². The molecule has 0 N–H and O–H groups in total. The Hall–Kier alpha value is -1.68. The fourth-order valence-electron chi connectivity index (χ4n) is 3.61. The van der Waals surface area contributed by atoms with Gasteiger partial charge in [0.1, 0.15) is 6.54 Å². The molecule has 2 fully saturated rings. The van der Waals surface area contributed by atoms with Crippen LogP contribution in [0.3, 0.4) is 0 Å². The van der Waals surface area contributed by atoms with Crippen molar-refractivity contribution < 1.29 is 22.7 Å². The predicted molar refractivity (Wildman–Crippen MR) is 104 cm³/mol. The SMILES string of the molecule is COCCN1C(=O)CN(C2CCN(S(=O)(=O)Cc3cccc(Cl)c3)CC2)C1=O. The standard InChI is InChI=1S/C18H24ClN3O5S/c1-27-10-9-21-17(23)12-22(18(21)24)16-5-7-20(8-6-16)28(25,26)13-14-3-2-4-15(19)11-14/h2-4,11,16H,5-10,12-13H2,1H3. The van der Waals surface area contributed by atoms with Crippen LogP contribution in [-0.4, -0.2) is 80.4 Å². The van der Waals surface area contributed by atoms with Gasteiger partial charge >= 0.3 is 6.03 Å². The van der Waals surface area contributed by atoms with Crippen LogP contribution in [0.4, 0.5) is 4.79 Å². The maximum atomic E-state index is 12.7. The van der Waals surface area contributed by atoms with E-state index in [0.717, 1.165) is 0 Å². The summed E-state index contributed by atoms with van der Waals surface area (Å²) in [6, 6.07) is 6.36. The number of sulfonamides is 1. The van der Waals surface area contributed by atoms with Gasteiger partial charge in [-0.25, -0.2) is 17.5 Å². The lowest BCUT2D eigenvalue weighted by atomic mass is 10.1. The summed E-state index contributed by atoms with van der Waals surface area (Å²) >= 11 is 5.94. The Kier molecular flexibility index (Phi) is 6.59. The molecule has 0 saturated carbocycles. The predicted octanol–water partition coefficient (Wildman–Crippen LogP) is 1.54. The zero-order valence-electron chi connectivity index (χ0n) is 15.7. The number of methoxy groups -OCH3 is 1. The Labute approximate surface area is 170 Å². The molecular formula is C18H24ClN3O5S. The lowest BCUT2D eigenvalue weighted by molar-refractivity contribution is -0.125. The molecule has 0 aliphatic carbocycles. The molecule has 1 aromatic carbocycles. The second kappa shape index (κ2) is 8.77. The summed E-state index contributed by atoms with van der Waals surface area (Å²) in [7, 11) is -1.95. The third-order valence-electron chi connectivity index (χ3n) is 5.10. The molecule has 28 heavy (non-hydrogen) atoms. The Morgan fingerprint density at radius 3 is 2.57 bits per heavy atom. The summed E-state index contributed by atoms with van der Waals surface area (Å²) in [5.74, 6) is -0.345. The Bertz CT molecular complexity index is 839. The van der Waals surface area contributed by atoms with Crippen molar-refractivity contribution >= 4 is 33.6 Å². The number of hydrogen-bond acceptors (Lipinski definition) is 5. The van der Waals surface area contributed by atoms with E-state index in [1.54, 1.807) is 29.2 Å². The number of urea groups is 1. The molecule has 0 spiro atoms. The van der Waals surface area contributed by atoms with Crippen molar-refractivity contribution in [1.29, 1.82) is 0 Å². The van der Waals surface area contributed by atoms with Crippen molar-refractivity contribution in [3.05, 3.63) is 34.9 Å². The van der Waals surface area contributed by atoms with Crippen molar-refractivity contribution in [2.24, 2.45) is 0 Å². The van der Waals surface area contributed by atoms with Gasteiger partial charge < -0.3 is 9.64 Å². The molecule has 0 bridgehead atoms. The second-order valence-corrected chi connectivity index (χ2v) is 9.37. The molecule has 10 heteroatoms. The highest BCUT2D eigenvalue weighted by Crippen LogP contribution is 2.25. The molecule has 2 saturated heterocycles. The van der Waals surface area contributed by atoms with E-state index in [1.807, 2.05) is 0 Å². The van der Waals surface area contributed by atoms with Crippen LogP contribution in [-0.2, 0) is 25.3 Å². The number of amides is 3. The van der Waals surface area contributed by atoms with Gasteiger partial charge in [-0.3, -0.25) is 9.69 Å². The van der Waals surface area contributed by atoms with Crippen LogP contribution in [0.5, 0.6) is 0 Å². The van der Waals surface area contributed by atoms with Crippen LogP contribution in [0.15, 0.2) is 24.3 Å². The number of imide groups is 1. The van der Waals surface area contributed by atoms with Crippen molar-refractivity contribution in [1.82, 2.24) is 14.1 Å². The van der Waals surface area contributed by atoms with E-state index in [4.69, 9.17) is 16.3 Å². The van der Waals surface area contributed by atoms with Gasteiger partial charge in [-0.1, -0.05) is 23.7 Å². The fourth-order valence-corrected chi connectivity index (χ4v) is 5.37. The normalized spacial score (nSPS) is 19.6. The van der Waals surface area contributed by atoms with Gasteiger partial charge in [-0.2, -0.15) is 0 Å². The summed E-state index contributed by atoms with van der Waals surface area (Å²) < 4.78 is 31.8. The highest BCUT2D eigenvalue weighted by Gasteiger charge is 2.41. The fraction of sp³-hybridized carbons (Fsp3) is 0.556. The van der Waals surface area contributed by atoms with Crippen LogP contribution in [0.25, 0.3) is 0 Å². The molecule has 2 aliphatic rings. The summed E-state index contributed by atoms with van der Waals surface area (Å²) in [6.45, 7) is 1.22. The number of ether oxygens (including phenoxy) is 1. The van der Waals surface area contributed by atoms with Crippen molar-refractivity contribution in [3.8, 4) is 0 Å². The van der Waals surface area contributed by atoms with Gasteiger partial charge in [0.05, 0.1) is 18.9 Å². The highest BCUT2D eigenvalue weighted by molar-refractivity contribution is 7.88. The lowest BCUT2D eigenvalue weighted by Crippen LogP contribution is -2.48. The molecule has 8 nitrogen and oxygen atoms in total. The molecule has 0 radical (unpaired) electrons. The molecule has 0 unspecified atom stereocenters. The number of carbonyl (C=O) groups is 2. The number of rotatable bonds is 7. The summed E-state index contributed by atoms with van der Waals surface area (Å²) in [4.78, 5) is 27.3. The zero-order chi connectivity index (χ0) is 20.3. The molecule has 1 aromatic rings. The van der Waals surface area contributed by atoms with Gasteiger partial charge in [0.15, 0.2) is 0 Å². The Balaban J connectivity index is 1.58. The van der Waals surface area contributed by atoms with Gasteiger partial charge in [0.2, 0.25) is 15.9 Å². The topological polar surface area (TPSA) is 87.2 Å². The van der Waals surface area contributed by atoms with Gasteiger partial charge in [0, 0.05) is 31.3 Å². The van der Waals surface area contributed by atoms with Crippen LogP contribution in [0.2, 0.25) is 5.02 Å². The summed E-state index contributed by atoms with van der Waals surface area (Å²) in [6.07, 6.45) is 1.01.